The average molecular weight is 374 g/mol. The minimum Gasteiger partial charge on any atom is -0.496 e. The number of rotatable bonds is 3. The summed E-state index contributed by atoms with van der Waals surface area (Å²) in [5.41, 5.74) is 6.60. The Morgan fingerprint density at radius 2 is 1.36 bits per heavy atom. The fourth-order valence-electron chi connectivity index (χ4n) is 3.38. The van der Waals surface area contributed by atoms with Gasteiger partial charge in [0.2, 0.25) is 0 Å². The molecule has 1 aromatic heterocycles. The summed E-state index contributed by atoms with van der Waals surface area (Å²) in [6.07, 6.45) is 0. The zero-order chi connectivity index (χ0) is 20.5. The summed E-state index contributed by atoms with van der Waals surface area (Å²) in [4.78, 5) is 4.99. The monoisotopic (exact) mass is 373 g/mol. The number of hydrogen-bond donors (Lipinski definition) is 0. The van der Waals surface area contributed by atoms with Crippen LogP contribution in [0.5, 0.6) is 5.75 Å². The summed E-state index contributed by atoms with van der Waals surface area (Å²) in [6.45, 7) is 13.4. The van der Waals surface area contributed by atoms with E-state index in [2.05, 4.69) is 84.0 Å². The van der Waals surface area contributed by atoms with E-state index >= 15 is 0 Å². The summed E-state index contributed by atoms with van der Waals surface area (Å²) in [5.74, 6) is 0.915. The molecule has 0 amide bonds. The van der Waals surface area contributed by atoms with Crippen LogP contribution in [-0.4, -0.2) is 12.1 Å². The summed E-state index contributed by atoms with van der Waals surface area (Å²) in [5, 5.41) is 0. The molecule has 146 valence electrons. The molecular weight excluding hydrogens is 342 g/mol. The molecule has 3 rings (SSSR count). The minimum atomic E-state index is -0.0294. The fraction of sp³-hybridized carbons (Fsp3) is 0.346. The van der Waals surface area contributed by atoms with Crippen LogP contribution in [-0.2, 0) is 10.8 Å². The molecule has 0 spiro atoms. The van der Waals surface area contributed by atoms with Gasteiger partial charge >= 0.3 is 0 Å². The average Bonchev–Trinajstić information content (AvgIpc) is 2.66. The SMILES string of the molecule is COc1c(-c2cccc(-c3ccccc3)n2)cc(C(C)(C)C)cc1C(C)(C)C. The van der Waals surface area contributed by atoms with Gasteiger partial charge in [0, 0.05) is 16.7 Å². The second-order valence-electron chi connectivity index (χ2n) is 9.38. The van der Waals surface area contributed by atoms with E-state index in [1.807, 2.05) is 18.2 Å². The molecule has 0 radical (unpaired) electrons. The van der Waals surface area contributed by atoms with Gasteiger partial charge < -0.3 is 4.74 Å². The summed E-state index contributed by atoms with van der Waals surface area (Å²) in [7, 11) is 1.76. The van der Waals surface area contributed by atoms with Crippen molar-refractivity contribution in [3.8, 4) is 28.3 Å². The number of hydrogen-bond acceptors (Lipinski definition) is 2. The van der Waals surface area contributed by atoms with Crippen molar-refractivity contribution in [3.05, 3.63) is 71.8 Å². The van der Waals surface area contributed by atoms with Gasteiger partial charge in [0.05, 0.1) is 18.5 Å². The maximum absolute atomic E-state index is 5.93. The molecule has 3 aromatic rings. The Labute approximate surface area is 169 Å². The van der Waals surface area contributed by atoms with Crippen molar-refractivity contribution in [2.24, 2.45) is 0 Å². The van der Waals surface area contributed by atoms with Crippen LogP contribution in [0.15, 0.2) is 60.7 Å². The van der Waals surface area contributed by atoms with Gasteiger partial charge in [0.1, 0.15) is 5.75 Å². The van der Waals surface area contributed by atoms with Gasteiger partial charge in [0.25, 0.3) is 0 Å². The Hall–Kier alpha value is -2.61. The van der Waals surface area contributed by atoms with E-state index in [1.165, 1.54) is 11.1 Å². The molecule has 0 saturated carbocycles. The minimum absolute atomic E-state index is 0.0294. The summed E-state index contributed by atoms with van der Waals surface area (Å²) < 4.78 is 5.93. The lowest BCUT2D eigenvalue weighted by Gasteiger charge is -2.28. The molecule has 0 atom stereocenters. The molecule has 28 heavy (non-hydrogen) atoms. The Kier molecular flexibility index (Phi) is 5.34. The number of benzene rings is 2. The van der Waals surface area contributed by atoms with Gasteiger partial charge in [-0.05, 0) is 34.6 Å². The van der Waals surface area contributed by atoms with Crippen LogP contribution in [0, 0.1) is 0 Å². The Morgan fingerprint density at radius 3 is 1.93 bits per heavy atom. The van der Waals surface area contributed by atoms with Crippen LogP contribution in [0.25, 0.3) is 22.5 Å². The Balaban J connectivity index is 2.26. The molecule has 0 aliphatic rings. The molecule has 2 nitrogen and oxygen atoms in total. The lowest BCUT2D eigenvalue weighted by atomic mass is 9.78. The zero-order valence-electron chi connectivity index (χ0n) is 18.1. The highest BCUT2D eigenvalue weighted by molar-refractivity contribution is 5.74. The third-order valence-corrected chi connectivity index (χ3v) is 5.06. The standard InChI is InChI=1S/C26H31NO/c1-25(2,3)19-16-20(24(28-7)21(17-19)26(4,5)6)23-15-11-14-22(27-23)18-12-9-8-10-13-18/h8-17H,1-7H3. The predicted octanol–water partition coefficient (Wildman–Crippen LogP) is 7.02. The molecule has 0 aliphatic heterocycles. The van der Waals surface area contributed by atoms with Gasteiger partial charge in [0.15, 0.2) is 0 Å². The highest BCUT2D eigenvalue weighted by atomic mass is 16.5. The van der Waals surface area contributed by atoms with E-state index in [0.29, 0.717) is 0 Å². The first-order chi connectivity index (χ1) is 13.1. The Bertz CT molecular complexity index is 960. The molecule has 0 unspecified atom stereocenters. The number of aromatic nitrogens is 1. The molecule has 0 bridgehead atoms. The first-order valence-corrected chi connectivity index (χ1v) is 9.87. The van der Waals surface area contributed by atoms with Gasteiger partial charge in [-0.1, -0.05) is 84.0 Å². The second-order valence-corrected chi connectivity index (χ2v) is 9.38. The van der Waals surface area contributed by atoms with Gasteiger partial charge in [-0.25, -0.2) is 4.98 Å². The first kappa shape index (κ1) is 20.1. The smallest absolute Gasteiger partial charge is 0.131 e. The number of methoxy groups -OCH3 is 1. The first-order valence-electron chi connectivity index (χ1n) is 9.87. The molecule has 2 aromatic carbocycles. The van der Waals surface area contributed by atoms with E-state index in [0.717, 1.165) is 28.3 Å². The highest BCUT2D eigenvalue weighted by Gasteiger charge is 2.26. The lowest BCUT2D eigenvalue weighted by molar-refractivity contribution is 0.398. The molecule has 0 aliphatic carbocycles. The van der Waals surface area contributed by atoms with Crippen molar-refractivity contribution in [2.75, 3.05) is 7.11 Å². The second kappa shape index (κ2) is 7.43. The molecular formula is C26H31NO. The Morgan fingerprint density at radius 1 is 0.714 bits per heavy atom. The van der Waals surface area contributed by atoms with Crippen LogP contribution in [0.2, 0.25) is 0 Å². The third kappa shape index (κ3) is 4.11. The summed E-state index contributed by atoms with van der Waals surface area (Å²) in [6, 6.07) is 21.0. The van der Waals surface area contributed by atoms with Crippen molar-refractivity contribution >= 4 is 0 Å². The van der Waals surface area contributed by atoms with Crippen molar-refractivity contribution < 1.29 is 4.74 Å². The maximum atomic E-state index is 5.93. The van der Waals surface area contributed by atoms with Gasteiger partial charge in [-0.3, -0.25) is 0 Å². The van der Waals surface area contributed by atoms with E-state index in [1.54, 1.807) is 7.11 Å². The number of nitrogens with zero attached hydrogens (tertiary/aromatic N) is 1. The maximum Gasteiger partial charge on any atom is 0.131 e. The van der Waals surface area contributed by atoms with Crippen LogP contribution in [0.4, 0.5) is 0 Å². The zero-order valence-corrected chi connectivity index (χ0v) is 18.1. The highest BCUT2D eigenvalue weighted by Crippen LogP contribution is 2.42. The van der Waals surface area contributed by atoms with Gasteiger partial charge in [-0.15, -0.1) is 0 Å². The van der Waals surface area contributed by atoms with E-state index in [9.17, 15) is 0 Å². The van der Waals surface area contributed by atoms with Crippen molar-refractivity contribution in [3.63, 3.8) is 0 Å². The van der Waals surface area contributed by atoms with Crippen molar-refractivity contribution in [1.82, 2.24) is 4.98 Å². The quantitative estimate of drug-likeness (QED) is 0.492. The fourth-order valence-corrected chi connectivity index (χ4v) is 3.38. The molecule has 0 saturated heterocycles. The summed E-state index contributed by atoms with van der Waals surface area (Å²) >= 11 is 0. The molecule has 1 heterocycles. The van der Waals surface area contributed by atoms with E-state index in [-0.39, 0.29) is 10.8 Å². The largest absolute Gasteiger partial charge is 0.496 e. The van der Waals surface area contributed by atoms with Crippen LogP contribution < -0.4 is 4.74 Å². The van der Waals surface area contributed by atoms with Crippen LogP contribution >= 0.6 is 0 Å². The number of ether oxygens (including phenoxy) is 1. The van der Waals surface area contributed by atoms with Crippen molar-refractivity contribution in [2.45, 2.75) is 52.4 Å². The third-order valence-electron chi connectivity index (χ3n) is 5.06. The van der Waals surface area contributed by atoms with E-state index < -0.39 is 0 Å². The number of pyridine rings is 1. The van der Waals surface area contributed by atoms with Crippen LogP contribution in [0.1, 0.15) is 52.7 Å². The molecule has 0 N–H and O–H groups in total. The molecule has 2 heteroatoms. The topological polar surface area (TPSA) is 22.1 Å². The van der Waals surface area contributed by atoms with Gasteiger partial charge in [-0.2, -0.15) is 0 Å². The van der Waals surface area contributed by atoms with Crippen molar-refractivity contribution in [1.29, 1.82) is 0 Å². The molecule has 0 fully saturated rings. The normalized spacial score (nSPS) is 12.1. The lowest BCUT2D eigenvalue weighted by Crippen LogP contribution is -2.18. The van der Waals surface area contributed by atoms with Crippen LogP contribution in [0.3, 0.4) is 0 Å². The predicted molar refractivity (Wildman–Crippen MR) is 119 cm³/mol. The van der Waals surface area contributed by atoms with E-state index in [4.69, 9.17) is 9.72 Å².